The average molecular weight is 278 g/mol. The number of nitrogens with one attached hydrogen (secondary N) is 1. The van der Waals surface area contributed by atoms with E-state index in [4.69, 9.17) is 0 Å². The SMILES string of the molecule is CCCNC1CCCCC1N1CCC2(CCCC2)CC1. The Balaban J connectivity index is 1.54. The van der Waals surface area contributed by atoms with Crippen molar-refractivity contribution in [2.75, 3.05) is 19.6 Å². The fourth-order valence-corrected chi connectivity index (χ4v) is 5.07. The molecule has 0 aromatic carbocycles. The predicted molar refractivity (Wildman–Crippen MR) is 86.0 cm³/mol. The molecule has 2 aliphatic carbocycles. The molecule has 0 amide bonds. The lowest BCUT2D eigenvalue weighted by Gasteiger charge is -2.46. The molecule has 3 aliphatic rings. The first-order chi connectivity index (χ1) is 9.83. The molecule has 2 saturated carbocycles. The monoisotopic (exact) mass is 278 g/mol. The molecule has 2 atom stereocenters. The van der Waals surface area contributed by atoms with Crippen molar-refractivity contribution in [2.24, 2.45) is 5.41 Å². The summed E-state index contributed by atoms with van der Waals surface area (Å²) in [6.07, 6.45) is 16.1. The molecule has 2 unspecified atom stereocenters. The summed E-state index contributed by atoms with van der Waals surface area (Å²) in [5.74, 6) is 0. The van der Waals surface area contributed by atoms with Gasteiger partial charge in [0.2, 0.25) is 0 Å². The van der Waals surface area contributed by atoms with Crippen LogP contribution >= 0.6 is 0 Å². The van der Waals surface area contributed by atoms with Gasteiger partial charge in [-0.25, -0.2) is 0 Å². The summed E-state index contributed by atoms with van der Waals surface area (Å²) in [5.41, 5.74) is 0.775. The topological polar surface area (TPSA) is 15.3 Å². The van der Waals surface area contributed by atoms with Crippen molar-refractivity contribution in [3.05, 3.63) is 0 Å². The van der Waals surface area contributed by atoms with E-state index in [1.165, 1.54) is 90.3 Å². The van der Waals surface area contributed by atoms with E-state index in [-0.39, 0.29) is 0 Å². The van der Waals surface area contributed by atoms with E-state index in [1.807, 2.05) is 0 Å². The highest BCUT2D eigenvalue weighted by Gasteiger charge is 2.39. The van der Waals surface area contributed by atoms with Crippen LogP contribution in [0.3, 0.4) is 0 Å². The Morgan fingerprint density at radius 3 is 2.35 bits per heavy atom. The summed E-state index contributed by atoms with van der Waals surface area (Å²) in [7, 11) is 0. The van der Waals surface area contributed by atoms with Crippen LogP contribution < -0.4 is 5.32 Å². The summed E-state index contributed by atoms with van der Waals surface area (Å²) in [6.45, 7) is 6.26. The minimum Gasteiger partial charge on any atom is -0.312 e. The van der Waals surface area contributed by atoms with Gasteiger partial charge in [0.25, 0.3) is 0 Å². The van der Waals surface area contributed by atoms with E-state index in [1.54, 1.807) is 0 Å². The van der Waals surface area contributed by atoms with Crippen molar-refractivity contribution < 1.29 is 0 Å². The summed E-state index contributed by atoms with van der Waals surface area (Å²) >= 11 is 0. The van der Waals surface area contributed by atoms with E-state index in [9.17, 15) is 0 Å². The van der Waals surface area contributed by atoms with Crippen LogP contribution in [0.5, 0.6) is 0 Å². The number of nitrogens with zero attached hydrogens (tertiary/aromatic N) is 1. The van der Waals surface area contributed by atoms with E-state index in [2.05, 4.69) is 17.1 Å². The zero-order valence-corrected chi connectivity index (χ0v) is 13.5. The van der Waals surface area contributed by atoms with Crippen LogP contribution in [-0.2, 0) is 0 Å². The second-order valence-corrected chi connectivity index (χ2v) is 7.66. The number of hydrogen-bond acceptors (Lipinski definition) is 2. The molecule has 0 radical (unpaired) electrons. The second-order valence-electron chi connectivity index (χ2n) is 7.66. The minimum absolute atomic E-state index is 0.775. The Kier molecular flexibility index (Phi) is 5.04. The Bertz CT molecular complexity index is 286. The molecule has 1 heterocycles. The molecule has 2 heteroatoms. The number of piperidine rings is 1. The predicted octanol–water partition coefficient (Wildman–Crippen LogP) is 3.95. The fraction of sp³-hybridized carbons (Fsp3) is 1.00. The molecular formula is C18H34N2. The maximum Gasteiger partial charge on any atom is 0.0249 e. The van der Waals surface area contributed by atoms with Crippen molar-refractivity contribution >= 4 is 0 Å². The van der Waals surface area contributed by atoms with Crippen LogP contribution in [-0.4, -0.2) is 36.6 Å². The Labute approximate surface area is 125 Å². The smallest absolute Gasteiger partial charge is 0.0249 e. The lowest BCUT2D eigenvalue weighted by atomic mass is 9.76. The summed E-state index contributed by atoms with van der Waals surface area (Å²) in [6, 6.07) is 1.62. The molecule has 3 fully saturated rings. The second kappa shape index (κ2) is 6.79. The van der Waals surface area contributed by atoms with Crippen LogP contribution in [0.25, 0.3) is 0 Å². The van der Waals surface area contributed by atoms with Crippen molar-refractivity contribution in [3.63, 3.8) is 0 Å². The average Bonchev–Trinajstić information content (AvgIpc) is 2.95. The molecule has 116 valence electrons. The standard InChI is InChI=1S/C18H34N2/c1-2-13-19-16-7-3-4-8-17(16)20-14-11-18(12-15-20)9-5-6-10-18/h16-17,19H,2-15H2,1H3. The first kappa shape index (κ1) is 14.8. The molecule has 1 N–H and O–H groups in total. The zero-order valence-electron chi connectivity index (χ0n) is 13.5. The van der Waals surface area contributed by atoms with Crippen LogP contribution in [0.15, 0.2) is 0 Å². The van der Waals surface area contributed by atoms with Gasteiger partial charge in [-0.3, -0.25) is 4.90 Å². The maximum atomic E-state index is 3.84. The minimum atomic E-state index is 0.775. The highest BCUT2D eigenvalue weighted by atomic mass is 15.2. The van der Waals surface area contributed by atoms with E-state index in [0.717, 1.165) is 17.5 Å². The van der Waals surface area contributed by atoms with E-state index in [0.29, 0.717) is 0 Å². The lowest BCUT2D eigenvalue weighted by Crippen LogP contribution is -2.54. The van der Waals surface area contributed by atoms with Crippen molar-refractivity contribution in [2.45, 2.75) is 89.6 Å². The summed E-state index contributed by atoms with van der Waals surface area (Å²) in [5, 5.41) is 3.84. The zero-order chi connectivity index (χ0) is 13.8. The first-order valence-electron chi connectivity index (χ1n) is 9.30. The quantitative estimate of drug-likeness (QED) is 0.837. The van der Waals surface area contributed by atoms with Gasteiger partial charge in [-0.15, -0.1) is 0 Å². The largest absolute Gasteiger partial charge is 0.312 e. The first-order valence-corrected chi connectivity index (χ1v) is 9.30. The van der Waals surface area contributed by atoms with Gasteiger partial charge in [-0.05, 0) is 70.0 Å². The van der Waals surface area contributed by atoms with Gasteiger partial charge in [0.1, 0.15) is 0 Å². The van der Waals surface area contributed by atoms with Crippen molar-refractivity contribution in [1.29, 1.82) is 0 Å². The third-order valence-electron chi connectivity index (χ3n) is 6.38. The number of rotatable bonds is 4. The lowest BCUT2D eigenvalue weighted by molar-refractivity contribution is 0.0463. The van der Waals surface area contributed by atoms with Crippen LogP contribution in [0.4, 0.5) is 0 Å². The van der Waals surface area contributed by atoms with Gasteiger partial charge >= 0.3 is 0 Å². The molecule has 0 aromatic heterocycles. The van der Waals surface area contributed by atoms with Crippen LogP contribution in [0.2, 0.25) is 0 Å². The summed E-state index contributed by atoms with van der Waals surface area (Å²) < 4.78 is 0. The number of hydrogen-bond donors (Lipinski definition) is 1. The molecule has 1 spiro atoms. The van der Waals surface area contributed by atoms with E-state index < -0.39 is 0 Å². The fourth-order valence-electron chi connectivity index (χ4n) is 5.07. The van der Waals surface area contributed by atoms with Crippen molar-refractivity contribution in [3.8, 4) is 0 Å². The molecule has 2 nitrogen and oxygen atoms in total. The molecule has 3 rings (SSSR count). The van der Waals surface area contributed by atoms with Gasteiger partial charge in [0.15, 0.2) is 0 Å². The third-order valence-corrected chi connectivity index (χ3v) is 6.38. The van der Waals surface area contributed by atoms with Gasteiger partial charge < -0.3 is 5.32 Å². The Morgan fingerprint density at radius 1 is 0.950 bits per heavy atom. The van der Waals surface area contributed by atoms with E-state index >= 15 is 0 Å². The summed E-state index contributed by atoms with van der Waals surface area (Å²) in [4.78, 5) is 2.86. The molecule has 1 saturated heterocycles. The van der Waals surface area contributed by atoms with Gasteiger partial charge in [0, 0.05) is 12.1 Å². The molecular weight excluding hydrogens is 244 g/mol. The third kappa shape index (κ3) is 3.22. The molecule has 1 aliphatic heterocycles. The Hall–Kier alpha value is -0.0800. The van der Waals surface area contributed by atoms with Crippen LogP contribution in [0, 0.1) is 5.41 Å². The van der Waals surface area contributed by atoms with Gasteiger partial charge in [0.05, 0.1) is 0 Å². The van der Waals surface area contributed by atoms with Crippen molar-refractivity contribution in [1.82, 2.24) is 10.2 Å². The molecule has 0 aromatic rings. The Morgan fingerprint density at radius 2 is 1.65 bits per heavy atom. The maximum absolute atomic E-state index is 3.84. The molecule has 0 bridgehead atoms. The highest BCUT2D eigenvalue weighted by molar-refractivity contribution is 4.95. The van der Waals surface area contributed by atoms with Crippen LogP contribution in [0.1, 0.15) is 77.6 Å². The van der Waals surface area contributed by atoms with Gasteiger partial charge in [-0.2, -0.15) is 0 Å². The van der Waals surface area contributed by atoms with Gasteiger partial charge in [-0.1, -0.05) is 32.6 Å². The molecule has 20 heavy (non-hydrogen) atoms. The number of likely N-dealkylation sites (tertiary alicyclic amines) is 1. The highest BCUT2D eigenvalue weighted by Crippen LogP contribution is 2.46. The normalized spacial score (nSPS) is 34.6.